The average Bonchev–Trinajstić information content (AvgIpc) is 3.45. The van der Waals surface area contributed by atoms with Gasteiger partial charge < -0.3 is 19.7 Å². The second-order valence-electron chi connectivity index (χ2n) is 7.77. The second-order valence-corrected chi connectivity index (χ2v) is 8.76. The van der Waals surface area contributed by atoms with Crippen molar-refractivity contribution in [3.05, 3.63) is 22.3 Å². The van der Waals surface area contributed by atoms with Gasteiger partial charge in [0.1, 0.15) is 11.0 Å². The lowest BCUT2D eigenvalue weighted by Crippen LogP contribution is -2.34. The SMILES string of the molecule is C/C(=C(\C=N/NC=O)N[C@@H](C)COCCC(=O)N1CCC(Oc2ncc(C(F)(F)F)s2)C1)C(F)(F)F. The van der Waals surface area contributed by atoms with E-state index >= 15 is 0 Å². The molecule has 2 N–H and O–H groups in total. The fourth-order valence-electron chi connectivity index (χ4n) is 3.05. The van der Waals surface area contributed by atoms with Crippen LogP contribution in [0.3, 0.4) is 0 Å². The molecule has 1 aromatic heterocycles. The molecule has 202 valence electrons. The Labute approximate surface area is 206 Å². The number of aromatic nitrogens is 1. The summed E-state index contributed by atoms with van der Waals surface area (Å²) in [6, 6.07) is -0.584. The lowest BCUT2D eigenvalue weighted by molar-refractivity contribution is -0.134. The normalized spacial score (nSPS) is 18.2. The Hall–Kier alpha value is -2.88. The van der Waals surface area contributed by atoms with E-state index in [9.17, 15) is 35.9 Å². The molecule has 2 rings (SSSR count). The third-order valence-electron chi connectivity index (χ3n) is 4.91. The van der Waals surface area contributed by atoms with E-state index in [1.54, 1.807) is 6.92 Å². The van der Waals surface area contributed by atoms with Crippen LogP contribution in [0.2, 0.25) is 0 Å². The van der Waals surface area contributed by atoms with E-state index in [1.165, 1.54) is 4.90 Å². The van der Waals surface area contributed by atoms with E-state index in [1.807, 2.05) is 5.43 Å². The first-order chi connectivity index (χ1) is 16.8. The minimum atomic E-state index is -4.61. The summed E-state index contributed by atoms with van der Waals surface area (Å²) >= 11 is 0.388. The molecule has 0 aliphatic carbocycles. The summed E-state index contributed by atoms with van der Waals surface area (Å²) < 4.78 is 87.9. The molecule has 1 saturated heterocycles. The van der Waals surface area contributed by atoms with Gasteiger partial charge in [0.2, 0.25) is 12.3 Å². The van der Waals surface area contributed by atoms with Crippen LogP contribution < -0.4 is 15.5 Å². The van der Waals surface area contributed by atoms with Gasteiger partial charge in [-0.05, 0) is 13.8 Å². The monoisotopic (exact) mass is 545 g/mol. The van der Waals surface area contributed by atoms with Gasteiger partial charge in [0.05, 0.1) is 49.9 Å². The Kier molecular flexibility index (Phi) is 10.5. The highest BCUT2D eigenvalue weighted by atomic mass is 32.1. The number of nitrogens with zero attached hydrogens (tertiary/aromatic N) is 3. The maximum absolute atomic E-state index is 13.0. The van der Waals surface area contributed by atoms with Gasteiger partial charge in [-0.1, -0.05) is 11.3 Å². The van der Waals surface area contributed by atoms with Gasteiger partial charge in [-0.2, -0.15) is 31.4 Å². The summed E-state index contributed by atoms with van der Waals surface area (Å²) in [5.41, 5.74) is 0.593. The number of hydrazone groups is 1. The lowest BCUT2D eigenvalue weighted by atomic mass is 10.2. The van der Waals surface area contributed by atoms with E-state index in [2.05, 4.69) is 15.4 Å². The van der Waals surface area contributed by atoms with Crippen molar-refractivity contribution in [3.8, 4) is 5.19 Å². The Morgan fingerprint density at radius 2 is 2.08 bits per heavy atom. The molecule has 1 aliphatic rings. The second kappa shape index (κ2) is 12.9. The summed E-state index contributed by atoms with van der Waals surface area (Å²) in [5.74, 6) is -0.252. The molecule has 16 heteroatoms. The topological polar surface area (TPSA) is 105 Å². The number of halogens is 6. The van der Waals surface area contributed by atoms with Crippen LogP contribution in [0.4, 0.5) is 26.3 Å². The zero-order chi connectivity index (χ0) is 26.9. The zero-order valence-corrected chi connectivity index (χ0v) is 20.1. The number of rotatable bonds is 12. The molecule has 36 heavy (non-hydrogen) atoms. The van der Waals surface area contributed by atoms with Gasteiger partial charge in [0.15, 0.2) is 0 Å². The molecular weight excluding hydrogens is 520 g/mol. The maximum Gasteiger partial charge on any atom is 0.427 e. The van der Waals surface area contributed by atoms with E-state index < -0.39 is 34.9 Å². The molecule has 0 saturated carbocycles. The Morgan fingerprint density at radius 1 is 1.36 bits per heavy atom. The fraction of sp³-hybridized carbons (Fsp3) is 0.600. The van der Waals surface area contributed by atoms with E-state index in [0.717, 1.165) is 13.1 Å². The summed E-state index contributed by atoms with van der Waals surface area (Å²) in [4.78, 5) is 26.9. The van der Waals surface area contributed by atoms with Crippen LogP contribution in [0.15, 0.2) is 22.6 Å². The largest absolute Gasteiger partial charge is 0.465 e. The van der Waals surface area contributed by atoms with Crippen molar-refractivity contribution >= 4 is 29.9 Å². The molecule has 1 unspecified atom stereocenters. The highest BCUT2D eigenvalue weighted by Crippen LogP contribution is 2.36. The number of carbonyl (C=O) groups is 2. The molecule has 2 atom stereocenters. The van der Waals surface area contributed by atoms with Gasteiger partial charge >= 0.3 is 12.4 Å². The molecule has 2 heterocycles. The molecular formula is C20H25F6N5O4S. The highest BCUT2D eigenvalue weighted by molar-refractivity contribution is 7.13. The summed E-state index contributed by atoms with van der Waals surface area (Å²) in [6.45, 7) is 2.96. The first-order valence-electron chi connectivity index (χ1n) is 10.6. The van der Waals surface area contributed by atoms with E-state index in [4.69, 9.17) is 9.47 Å². The average molecular weight is 546 g/mol. The molecule has 0 spiro atoms. The molecule has 1 fully saturated rings. The predicted octanol–water partition coefficient (Wildman–Crippen LogP) is 3.09. The Morgan fingerprint density at radius 3 is 2.69 bits per heavy atom. The van der Waals surface area contributed by atoms with Gasteiger partial charge in [0, 0.05) is 19.0 Å². The molecule has 1 aliphatic heterocycles. The quantitative estimate of drug-likeness (QED) is 0.138. The number of likely N-dealkylation sites (tertiary alicyclic amines) is 1. The number of hydrogen-bond acceptors (Lipinski definition) is 8. The first-order valence-corrected chi connectivity index (χ1v) is 11.4. The molecule has 2 amide bonds. The van der Waals surface area contributed by atoms with Crippen LogP contribution in [0.25, 0.3) is 0 Å². The molecule has 9 nitrogen and oxygen atoms in total. The van der Waals surface area contributed by atoms with Crippen LogP contribution in [-0.4, -0.2) is 73.0 Å². The van der Waals surface area contributed by atoms with Crippen molar-refractivity contribution in [2.45, 2.75) is 51.2 Å². The number of amides is 2. The first kappa shape index (κ1) is 29.4. The van der Waals surface area contributed by atoms with Crippen LogP contribution in [-0.2, 0) is 20.5 Å². The number of nitrogens with one attached hydrogen (secondary N) is 2. The van der Waals surface area contributed by atoms with Gasteiger partial charge in [-0.25, -0.2) is 10.4 Å². The highest BCUT2D eigenvalue weighted by Gasteiger charge is 2.35. The van der Waals surface area contributed by atoms with Crippen LogP contribution in [0, 0.1) is 0 Å². The summed E-state index contributed by atoms with van der Waals surface area (Å²) in [7, 11) is 0. The fourth-order valence-corrected chi connectivity index (χ4v) is 3.75. The van der Waals surface area contributed by atoms with Crippen molar-refractivity contribution in [2.75, 3.05) is 26.3 Å². The number of hydrogen-bond donors (Lipinski definition) is 2. The van der Waals surface area contributed by atoms with Gasteiger partial charge in [0.25, 0.3) is 5.19 Å². The Bertz CT molecular complexity index is 950. The van der Waals surface area contributed by atoms with Crippen molar-refractivity contribution in [1.82, 2.24) is 20.6 Å². The minimum Gasteiger partial charge on any atom is -0.465 e. The zero-order valence-electron chi connectivity index (χ0n) is 19.3. The Balaban J connectivity index is 1.75. The number of thiazole rings is 1. The van der Waals surface area contributed by atoms with Crippen molar-refractivity contribution in [2.24, 2.45) is 5.10 Å². The molecule has 1 aromatic rings. The molecule has 0 aromatic carbocycles. The third kappa shape index (κ3) is 9.29. The van der Waals surface area contributed by atoms with Crippen molar-refractivity contribution in [3.63, 3.8) is 0 Å². The third-order valence-corrected chi connectivity index (χ3v) is 5.84. The maximum atomic E-state index is 13.0. The minimum absolute atomic E-state index is 0.00387. The van der Waals surface area contributed by atoms with Gasteiger partial charge in [-0.3, -0.25) is 9.59 Å². The number of allylic oxidation sites excluding steroid dienone is 2. The lowest BCUT2D eigenvalue weighted by Gasteiger charge is -2.20. The molecule has 0 bridgehead atoms. The van der Waals surface area contributed by atoms with Crippen LogP contribution in [0.5, 0.6) is 5.19 Å². The van der Waals surface area contributed by atoms with E-state index in [-0.39, 0.29) is 49.4 Å². The number of carbonyl (C=O) groups excluding carboxylic acids is 2. The van der Waals surface area contributed by atoms with Gasteiger partial charge in [-0.15, -0.1) is 0 Å². The summed E-state index contributed by atoms with van der Waals surface area (Å²) in [6.07, 6.45) is -7.42. The van der Waals surface area contributed by atoms with Crippen LogP contribution >= 0.6 is 11.3 Å². The van der Waals surface area contributed by atoms with E-state index in [0.29, 0.717) is 30.5 Å². The van der Waals surface area contributed by atoms with Crippen molar-refractivity contribution in [1.29, 1.82) is 0 Å². The number of ether oxygens (including phenoxy) is 2. The smallest absolute Gasteiger partial charge is 0.427 e. The number of alkyl halides is 6. The summed E-state index contributed by atoms with van der Waals surface area (Å²) in [5, 5.41) is 5.86. The predicted molar refractivity (Wildman–Crippen MR) is 117 cm³/mol. The van der Waals surface area contributed by atoms with Crippen molar-refractivity contribution < 1.29 is 45.4 Å². The van der Waals surface area contributed by atoms with Crippen LogP contribution in [0.1, 0.15) is 31.6 Å². The standard InChI is InChI=1S/C20H25F6N5O4S/c1-12(30-15(7-28-29-11-32)13(2)19(21,22)23)10-34-6-4-17(33)31-5-3-14(9-31)35-18-27-8-16(36-18)20(24,25)26/h7-8,11-12,14,30H,3-6,9-10H2,1-2H3,(H,29,32)/b15-13-,28-7-/t12-,14?/m0/s1. The molecule has 0 radical (unpaired) electrons.